The summed E-state index contributed by atoms with van der Waals surface area (Å²) >= 11 is 1.34. The van der Waals surface area contributed by atoms with Gasteiger partial charge in [-0.2, -0.15) is 0 Å². The molecule has 2 heterocycles. The van der Waals surface area contributed by atoms with Crippen molar-refractivity contribution < 1.29 is 19.2 Å². The molecule has 0 unspecified atom stereocenters. The molecule has 2 N–H and O–H groups in total. The highest BCUT2D eigenvalue weighted by Gasteiger charge is 2.21. The number of nitrogens with one attached hydrogen (secondary N) is 2. The molecule has 0 saturated carbocycles. The number of quaternary nitrogens is 1. The third-order valence-electron chi connectivity index (χ3n) is 4.38. The number of ether oxygens (including phenoxy) is 2. The van der Waals surface area contributed by atoms with Gasteiger partial charge < -0.3 is 19.3 Å². The fourth-order valence-corrected chi connectivity index (χ4v) is 3.44. The van der Waals surface area contributed by atoms with E-state index >= 15 is 0 Å². The minimum atomic E-state index is 0.136. The van der Waals surface area contributed by atoms with Crippen LogP contribution in [0, 0.1) is 0 Å². The van der Waals surface area contributed by atoms with Crippen LogP contribution in [0.25, 0.3) is 11.4 Å². The lowest BCUT2D eigenvalue weighted by Gasteiger charge is -2.29. The van der Waals surface area contributed by atoms with Crippen LogP contribution in [0.5, 0.6) is 11.5 Å². The molecule has 1 aliphatic heterocycles. The maximum atomic E-state index is 12.3. The minimum Gasteiger partial charge on any atom is -0.497 e. The molecular weight excluding hydrogens is 354 g/mol. The Morgan fingerprint density at radius 1 is 1.23 bits per heavy atom. The van der Waals surface area contributed by atoms with Crippen LogP contribution in [-0.4, -0.2) is 79.2 Å². The predicted octanol–water partition coefficient (Wildman–Crippen LogP) is -0.0621. The highest BCUT2D eigenvalue weighted by molar-refractivity contribution is 7.99. The molecule has 1 fully saturated rings. The van der Waals surface area contributed by atoms with Gasteiger partial charge in [0.25, 0.3) is 0 Å². The second-order valence-corrected chi connectivity index (χ2v) is 7.14. The largest absolute Gasteiger partial charge is 0.497 e. The van der Waals surface area contributed by atoms with Crippen molar-refractivity contribution in [2.24, 2.45) is 0 Å². The van der Waals surface area contributed by atoms with Crippen LogP contribution >= 0.6 is 11.8 Å². The predicted molar refractivity (Wildman–Crippen MR) is 98.8 cm³/mol. The number of carbonyl (C=O) groups excluding carboxylic acids is 1. The minimum absolute atomic E-state index is 0.136. The van der Waals surface area contributed by atoms with Crippen LogP contribution in [-0.2, 0) is 4.79 Å². The number of piperazine rings is 1. The maximum absolute atomic E-state index is 12.3. The molecule has 2 aromatic rings. The summed E-state index contributed by atoms with van der Waals surface area (Å²) in [5.41, 5.74) is 0.814. The van der Waals surface area contributed by atoms with Crippen LogP contribution in [0.3, 0.4) is 0 Å². The maximum Gasteiger partial charge on any atom is 0.233 e. The summed E-state index contributed by atoms with van der Waals surface area (Å²) in [6.45, 7) is 3.62. The SMILES string of the molecule is COc1cc(OC)cc(-c2nc(SCC(=O)N3CC[NH+](C)CC3)n[nH]2)c1. The number of hydrogen-bond acceptors (Lipinski definition) is 6. The second kappa shape index (κ2) is 8.41. The number of hydrogen-bond donors (Lipinski definition) is 2. The lowest BCUT2D eigenvalue weighted by Crippen LogP contribution is -3.12. The van der Waals surface area contributed by atoms with E-state index in [1.54, 1.807) is 20.3 Å². The van der Waals surface area contributed by atoms with Gasteiger partial charge in [-0.05, 0) is 12.1 Å². The molecule has 0 atom stereocenters. The van der Waals surface area contributed by atoms with Gasteiger partial charge >= 0.3 is 0 Å². The summed E-state index contributed by atoms with van der Waals surface area (Å²) in [5, 5.41) is 7.67. The molecule has 0 radical (unpaired) electrons. The molecule has 0 aliphatic carbocycles. The van der Waals surface area contributed by atoms with E-state index in [0.717, 1.165) is 31.7 Å². The zero-order valence-corrected chi connectivity index (χ0v) is 16.1. The normalized spacial score (nSPS) is 15.1. The molecule has 1 saturated heterocycles. The molecule has 0 spiro atoms. The van der Waals surface area contributed by atoms with Gasteiger partial charge in [-0.25, -0.2) is 4.98 Å². The first-order chi connectivity index (χ1) is 12.6. The molecule has 140 valence electrons. The van der Waals surface area contributed by atoms with E-state index in [4.69, 9.17) is 9.47 Å². The van der Waals surface area contributed by atoms with Gasteiger partial charge in [0, 0.05) is 11.6 Å². The Hall–Kier alpha value is -2.26. The molecular formula is C17H24N5O3S+. The van der Waals surface area contributed by atoms with Crippen LogP contribution in [0.2, 0.25) is 0 Å². The average molecular weight is 378 g/mol. The molecule has 26 heavy (non-hydrogen) atoms. The number of methoxy groups -OCH3 is 2. The molecule has 1 aliphatic rings. The second-order valence-electron chi connectivity index (χ2n) is 6.19. The van der Waals surface area contributed by atoms with Crippen LogP contribution in [0.4, 0.5) is 0 Å². The van der Waals surface area contributed by atoms with Crippen molar-refractivity contribution in [1.82, 2.24) is 20.1 Å². The Morgan fingerprint density at radius 2 is 1.88 bits per heavy atom. The van der Waals surface area contributed by atoms with Crippen molar-refractivity contribution >= 4 is 17.7 Å². The van der Waals surface area contributed by atoms with E-state index in [1.165, 1.54) is 16.7 Å². The lowest BCUT2D eigenvalue weighted by atomic mass is 10.2. The van der Waals surface area contributed by atoms with Crippen LogP contribution in [0.1, 0.15) is 0 Å². The van der Waals surface area contributed by atoms with Crippen molar-refractivity contribution in [3.8, 4) is 22.9 Å². The fourth-order valence-electron chi connectivity index (χ4n) is 2.74. The van der Waals surface area contributed by atoms with Crippen LogP contribution < -0.4 is 14.4 Å². The molecule has 8 nitrogen and oxygen atoms in total. The highest BCUT2D eigenvalue weighted by Crippen LogP contribution is 2.28. The van der Waals surface area contributed by atoms with E-state index in [0.29, 0.717) is 28.2 Å². The standard InChI is InChI=1S/C17H23N5O3S/c1-21-4-6-22(7-5-21)15(23)11-26-17-18-16(19-20-17)12-8-13(24-2)10-14(9-12)25-3/h8-10H,4-7,11H2,1-3H3,(H,18,19,20)/p+1. The summed E-state index contributed by atoms with van der Waals surface area (Å²) in [5.74, 6) is 2.45. The van der Waals surface area contributed by atoms with Gasteiger partial charge in [0.2, 0.25) is 11.1 Å². The van der Waals surface area contributed by atoms with Gasteiger partial charge in [0.1, 0.15) is 11.5 Å². The highest BCUT2D eigenvalue weighted by atomic mass is 32.2. The summed E-state index contributed by atoms with van der Waals surface area (Å²) < 4.78 is 10.6. The fraction of sp³-hybridized carbons (Fsp3) is 0.471. The monoisotopic (exact) mass is 378 g/mol. The number of likely N-dealkylation sites (N-methyl/N-ethyl adjacent to an activating group) is 1. The lowest BCUT2D eigenvalue weighted by molar-refractivity contribution is -0.883. The molecule has 1 aromatic heterocycles. The van der Waals surface area contributed by atoms with Crippen molar-refractivity contribution in [2.45, 2.75) is 5.16 Å². The number of carbonyl (C=O) groups is 1. The molecule has 9 heteroatoms. The smallest absolute Gasteiger partial charge is 0.233 e. The van der Waals surface area contributed by atoms with Crippen molar-refractivity contribution in [2.75, 3.05) is 53.2 Å². The van der Waals surface area contributed by atoms with E-state index in [1.807, 2.05) is 17.0 Å². The third kappa shape index (κ3) is 4.47. The Kier molecular flexibility index (Phi) is 6.00. The molecule has 3 rings (SSSR count). The Balaban J connectivity index is 1.62. The Bertz CT molecular complexity index is 736. The van der Waals surface area contributed by atoms with E-state index in [2.05, 4.69) is 22.2 Å². The van der Waals surface area contributed by atoms with E-state index < -0.39 is 0 Å². The molecule has 1 amide bonds. The van der Waals surface area contributed by atoms with Gasteiger partial charge in [-0.1, -0.05) is 11.8 Å². The first kappa shape index (κ1) is 18.5. The number of thioether (sulfide) groups is 1. The average Bonchev–Trinajstić information content (AvgIpc) is 3.15. The first-order valence-corrected chi connectivity index (χ1v) is 9.45. The summed E-state index contributed by atoms with van der Waals surface area (Å²) in [7, 11) is 5.36. The topological polar surface area (TPSA) is 84.8 Å². The van der Waals surface area contributed by atoms with E-state index in [9.17, 15) is 4.79 Å². The van der Waals surface area contributed by atoms with Crippen molar-refractivity contribution in [3.05, 3.63) is 18.2 Å². The van der Waals surface area contributed by atoms with Crippen molar-refractivity contribution in [1.29, 1.82) is 0 Å². The zero-order chi connectivity index (χ0) is 18.5. The van der Waals surface area contributed by atoms with Gasteiger partial charge in [0.15, 0.2) is 5.82 Å². The Labute approximate surface area is 156 Å². The number of H-pyrrole nitrogens is 1. The van der Waals surface area contributed by atoms with Gasteiger partial charge in [-0.15, -0.1) is 5.10 Å². The Morgan fingerprint density at radius 3 is 2.50 bits per heavy atom. The number of amides is 1. The summed E-state index contributed by atoms with van der Waals surface area (Å²) in [6, 6.07) is 5.51. The third-order valence-corrected chi connectivity index (χ3v) is 5.22. The number of nitrogens with zero attached hydrogens (tertiary/aromatic N) is 3. The number of aromatic amines is 1. The molecule has 0 bridgehead atoms. The number of benzene rings is 1. The van der Waals surface area contributed by atoms with Crippen LogP contribution in [0.15, 0.2) is 23.4 Å². The van der Waals surface area contributed by atoms with E-state index in [-0.39, 0.29) is 5.91 Å². The number of rotatable bonds is 6. The number of aromatic nitrogens is 3. The molecule has 1 aromatic carbocycles. The van der Waals surface area contributed by atoms with Gasteiger partial charge in [-0.3, -0.25) is 9.89 Å². The van der Waals surface area contributed by atoms with Crippen molar-refractivity contribution in [3.63, 3.8) is 0 Å². The first-order valence-electron chi connectivity index (χ1n) is 8.46. The van der Waals surface area contributed by atoms with Gasteiger partial charge in [0.05, 0.1) is 53.2 Å². The summed E-state index contributed by atoms with van der Waals surface area (Å²) in [4.78, 5) is 20.2. The zero-order valence-electron chi connectivity index (χ0n) is 15.2. The quantitative estimate of drug-likeness (QED) is 0.685. The summed E-state index contributed by atoms with van der Waals surface area (Å²) in [6.07, 6.45) is 0.